The molecule has 2 atom stereocenters. The molecule has 0 aliphatic carbocycles. The fraction of sp³-hybridized carbons (Fsp3) is 0.444. The minimum Gasteiger partial charge on any atom is -0.598 e. The highest BCUT2D eigenvalue weighted by Crippen LogP contribution is 2.38. The molecule has 0 saturated carbocycles. The zero-order valence-electron chi connectivity index (χ0n) is 28.2. The van der Waals surface area contributed by atoms with Crippen molar-refractivity contribution >= 4 is 41.0 Å². The summed E-state index contributed by atoms with van der Waals surface area (Å²) in [7, 11) is -1.01. The van der Waals surface area contributed by atoms with Crippen molar-refractivity contribution in [3.05, 3.63) is 100 Å². The van der Waals surface area contributed by atoms with Crippen LogP contribution in [0.3, 0.4) is 0 Å². The number of aromatic nitrogens is 2. The first-order chi connectivity index (χ1) is 20.4. The lowest BCUT2D eigenvalue weighted by Crippen LogP contribution is -2.67. The molecule has 44 heavy (non-hydrogen) atoms. The van der Waals surface area contributed by atoms with Gasteiger partial charge in [0.1, 0.15) is 10.6 Å². The van der Waals surface area contributed by atoms with Gasteiger partial charge in [-0.1, -0.05) is 101 Å². The molecule has 4 rings (SSSR count). The summed E-state index contributed by atoms with van der Waals surface area (Å²) < 4.78 is 24.8. The number of nitrogens with one attached hydrogen (secondary N) is 1. The first-order valence-corrected chi connectivity index (χ1v) is 18.4. The summed E-state index contributed by atoms with van der Waals surface area (Å²) in [6.07, 6.45) is 0. The van der Waals surface area contributed by atoms with E-state index in [-0.39, 0.29) is 16.6 Å². The number of rotatable bonds is 9. The van der Waals surface area contributed by atoms with E-state index < -0.39 is 29.8 Å². The zero-order chi connectivity index (χ0) is 32.7. The molecule has 1 aromatic heterocycles. The first-order valence-electron chi connectivity index (χ1n) is 15.3. The van der Waals surface area contributed by atoms with Gasteiger partial charge in [-0.3, -0.25) is 9.36 Å². The summed E-state index contributed by atoms with van der Waals surface area (Å²) >= 11 is -1.28. The van der Waals surface area contributed by atoms with Crippen LogP contribution in [0.1, 0.15) is 85.3 Å². The van der Waals surface area contributed by atoms with Crippen molar-refractivity contribution in [2.45, 2.75) is 90.5 Å². The molecule has 4 aromatic rings. The van der Waals surface area contributed by atoms with E-state index >= 15 is 0 Å². The third-order valence-corrected chi connectivity index (χ3v) is 15.0. The van der Waals surface area contributed by atoms with E-state index in [1.807, 2.05) is 58.9 Å². The number of fused-ring (bicyclic) bond motifs is 1. The van der Waals surface area contributed by atoms with Crippen LogP contribution in [0.4, 0.5) is 0 Å². The largest absolute Gasteiger partial charge is 0.598 e. The van der Waals surface area contributed by atoms with E-state index in [1.165, 1.54) is 10.4 Å². The smallest absolute Gasteiger partial charge is 0.261 e. The predicted molar refractivity (Wildman–Crippen MR) is 188 cm³/mol. The fourth-order valence-corrected chi connectivity index (χ4v) is 11.5. The lowest BCUT2D eigenvalue weighted by atomic mass is 9.92. The Labute approximate surface area is 267 Å². The maximum absolute atomic E-state index is 13.9. The molecule has 8 heteroatoms. The molecule has 0 radical (unpaired) electrons. The van der Waals surface area contributed by atoms with Gasteiger partial charge >= 0.3 is 0 Å². The molecule has 0 spiro atoms. The van der Waals surface area contributed by atoms with Crippen molar-refractivity contribution in [3.8, 4) is 0 Å². The molecule has 6 nitrogen and oxygen atoms in total. The summed E-state index contributed by atoms with van der Waals surface area (Å²) in [6, 6.07) is 24.8. The summed E-state index contributed by atoms with van der Waals surface area (Å²) in [4.78, 5) is 19.1. The van der Waals surface area contributed by atoms with Crippen LogP contribution in [0, 0.1) is 6.92 Å². The lowest BCUT2D eigenvalue weighted by Gasteiger charge is -2.44. The van der Waals surface area contributed by atoms with Crippen LogP contribution >= 0.6 is 0 Å². The molecule has 236 valence electrons. The normalized spacial score (nSPS) is 14.5. The van der Waals surface area contributed by atoms with Gasteiger partial charge in [0.05, 0.1) is 16.9 Å². The van der Waals surface area contributed by atoms with Gasteiger partial charge in [-0.2, -0.15) is 0 Å². The third-order valence-electron chi connectivity index (χ3n) is 8.33. The van der Waals surface area contributed by atoms with E-state index in [2.05, 4.69) is 87.9 Å². The Morgan fingerprint density at radius 1 is 0.932 bits per heavy atom. The number of hydrogen-bond acceptors (Lipinski definition) is 5. The van der Waals surface area contributed by atoms with Crippen molar-refractivity contribution < 1.29 is 8.98 Å². The van der Waals surface area contributed by atoms with Crippen LogP contribution in [-0.2, 0) is 28.3 Å². The predicted octanol–water partition coefficient (Wildman–Crippen LogP) is 6.21. The van der Waals surface area contributed by atoms with E-state index in [1.54, 1.807) is 11.6 Å². The van der Waals surface area contributed by atoms with Gasteiger partial charge in [0, 0.05) is 36.0 Å². The molecule has 0 bridgehead atoms. The Morgan fingerprint density at radius 2 is 1.45 bits per heavy atom. The molecule has 0 amide bonds. The molecule has 1 heterocycles. The summed E-state index contributed by atoms with van der Waals surface area (Å²) in [5.74, 6) is 0.655. The molecule has 0 saturated heterocycles. The van der Waals surface area contributed by atoms with E-state index in [9.17, 15) is 9.35 Å². The Hall–Kier alpha value is -2.75. The van der Waals surface area contributed by atoms with Gasteiger partial charge < -0.3 is 8.98 Å². The Bertz CT molecular complexity index is 1620. The summed E-state index contributed by atoms with van der Waals surface area (Å²) in [5, 5.41) is 2.80. The van der Waals surface area contributed by atoms with Gasteiger partial charge in [-0.05, 0) is 61.7 Å². The van der Waals surface area contributed by atoms with E-state index in [0.717, 1.165) is 11.1 Å². The second-order valence-corrected chi connectivity index (χ2v) is 20.9. The maximum atomic E-state index is 13.9. The Morgan fingerprint density at radius 3 is 1.93 bits per heavy atom. The number of hydrogen-bond donors (Lipinski definition) is 1. The highest BCUT2D eigenvalue weighted by atomic mass is 32.2. The highest BCUT2D eigenvalue weighted by molar-refractivity contribution is 7.90. The van der Waals surface area contributed by atoms with Gasteiger partial charge in [-0.15, -0.1) is 4.72 Å². The summed E-state index contributed by atoms with van der Waals surface area (Å²) in [6.45, 7) is 21.1. The second kappa shape index (κ2) is 12.6. The van der Waals surface area contributed by atoms with Crippen LogP contribution < -0.4 is 20.7 Å². The Balaban J connectivity index is 1.84. The van der Waals surface area contributed by atoms with Crippen LogP contribution in [0.2, 0.25) is 5.04 Å². The van der Waals surface area contributed by atoms with Gasteiger partial charge in [0.2, 0.25) is 0 Å². The SMILES string of the molecule is Cc1cc([C@@H](C)N[S+]([O-])C(C)(C)C)c2nc(C(C)(C)CO[Si](c3ccccc3)(c3ccccc3)C(C)(C)C)n(C)c(=O)c2c1. The van der Waals surface area contributed by atoms with Crippen molar-refractivity contribution in [1.29, 1.82) is 0 Å². The molecular weight excluding hydrogens is 583 g/mol. The third kappa shape index (κ3) is 6.60. The van der Waals surface area contributed by atoms with Crippen LogP contribution in [-0.4, -0.2) is 33.8 Å². The quantitative estimate of drug-likeness (QED) is 0.176. The standard InChI is InChI=1S/C36H49N3O3SSi/c1-25-22-29(26(2)38-43(41)34(3,4)5)31-30(23-25)32(40)39(11)33(37-31)36(9,10)24-42-44(35(6,7)8,27-18-14-12-15-19-27)28-20-16-13-17-21-28/h12-23,26,38H,24H2,1-11H3/t26-,43?/m1/s1. The van der Waals surface area contributed by atoms with Gasteiger partial charge in [0.15, 0.2) is 0 Å². The minimum atomic E-state index is -2.81. The van der Waals surface area contributed by atoms with Crippen molar-refractivity contribution in [3.63, 3.8) is 0 Å². The zero-order valence-corrected chi connectivity index (χ0v) is 30.1. The molecule has 0 aliphatic rings. The lowest BCUT2D eigenvalue weighted by molar-refractivity contribution is 0.216. The fourth-order valence-electron chi connectivity index (χ4n) is 6.00. The number of benzene rings is 3. The first kappa shape index (κ1) is 34.1. The second-order valence-electron chi connectivity index (χ2n) is 14.6. The monoisotopic (exact) mass is 631 g/mol. The number of nitrogens with zero attached hydrogens (tertiary/aromatic N) is 2. The van der Waals surface area contributed by atoms with Gasteiger partial charge in [-0.25, -0.2) is 4.98 Å². The van der Waals surface area contributed by atoms with Crippen molar-refractivity contribution in [2.75, 3.05) is 6.61 Å². The highest BCUT2D eigenvalue weighted by Gasteiger charge is 2.51. The van der Waals surface area contributed by atoms with Crippen LogP contribution in [0.25, 0.3) is 10.9 Å². The summed E-state index contributed by atoms with van der Waals surface area (Å²) in [5.41, 5.74) is 1.75. The molecule has 0 aliphatic heterocycles. The molecule has 0 fully saturated rings. The Kier molecular flexibility index (Phi) is 9.74. The maximum Gasteiger partial charge on any atom is 0.261 e. The molecule has 1 N–H and O–H groups in total. The van der Waals surface area contributed by atoms with E-state index in [4.69, 9.17) is 9.41 Å². The average Bonchev–Trinajstić information content (AvgIpc) is 2.95. The van der Waals surface area contributed by atoms with Crippen molar-refractivity contribution in [1.82, 2.24) is 14.3 Å². The number of aryl methyl sites for hydroxylation is 1. The van der Waals surface area contributed by atoms with Crippen LogP contribution in [0.5, 0.6) is 0 Å². The van der Waals surface area contributed by atoms with E-state index in [0.29, 0.717) is 23.3 Å². The topological polar surface area (TPSA) is 79.2 Å². The average molecular weight is 632 g/mol. The van der Waals surface area contributed by atoms with Crippen molar-refractivity contribution in [2.24, 2.45) is 7.05 Å². The molecular formula is C36H49N3O3SSi. The molecule has 1 unspecified atom stereocenters. The molecule has 3 aromatic carbocycles. The van der Waals surface area contributed by atoms with Crippen LogP contribution in [0.15, 0.2) is 77.6 Å². The minimum absolute atomic E-state index is 0.0994. The van der Waals surface area contributed by atoms with Gasteiger partial charge in [0.25, 0.3) is 13.9 Å².